The summed E-state index contributed by atoms with van der Waals surface area (Å²) in [5.41, 5.74) is 5.02. The first-order valence-electron chi connectivity index (χ1n) is 6.07. The van der Waals surface area contributed by atoms with E-state index in [1.807, 2.05) is 43.6 Å². The van der Waals surface area contributed by atoms with Crippen LogP contribution >= 0.6 is 0 Å². The van der Waals surface area contributed by atoms with Crippen molar-refractivity contribution >= 4 is 16.6 Å². The molecule has 4 aromatic heterocycles. The lowest BCUT2D eigenvalue weighted by molar-refractivity contribution is 0.781. The molecular weight excluding hydrogens is 238 g/mol. The van der Waals surface area contributed by atoms with Gasteiger partial charge in [-0.15, -0.1) is 0 Å². The Morgan fingerprint density at radius 1 is 1.11 bits per heavy atom. The van der Waals surface area contributed by atoms with Crippen LogP contribution in [0.25, 0.3) is 27.7 Å². The molecule has 1 N–H and O–H groups in total. The summed E-state index contributed by atoms with van der Waals surface area (Å²) in [6, 6.07) is 8.08. The number of pyridine rings is 1. The lowest BCUT2D eigenvalue weighted by Crippen LogP contribution is -1.94. The quantitative estimate of drug-likeness (QED) is 0.564. The van der Waals surface area contributed by atoms with E-state index in [1.54, 1.807) is 10.8 Å². The van der Waals surface area contributed by atoms with Gasteiger partial charge in [0, 0.05) is 23.3 Å². The minimum absolute atomic E-state index is 0.886. The number of aryl methyl sites for hydroxylation is 1. The summed E-state index contributed by atoms with van der Waals surface area (Å²) in [7, 11) is 0. The second-order valence-corrected chi connectivity index (χ2v) is 4.51. The molecule has 4 heterocycles. The average Bonchev–Trinajstić information content (AvgIpc) is 3.03. The fourth-order valence-electron chi connectivity index (χ4n) is 2.37. The Bertz CT molecular complexity index is 887. The van der Waals surface area contributed by atoms with E-state index in [1.165, 1.54) is 0 Å². The lowest BCUT2D eigenvalue weighted by Gasteiger charge is -2.01. The maximum absolute atomic E-state index is 4.37. The predicted molar refractivity (Wildman–Crippen MR) is 72.8 cm³/mol. The van der Waals surface area contributed by atoms with Crippen molar-refractivity contribution in [3.05, 3.63) is 48.5 Å². The van der Waals surface area contributed by atoms with Crippen molar-refractivity contribution in [1.29, 1.82) is 0 Å². The van der Waals surface area contributed by atoms with E-state index >= 15 is 0 Å². The summed E-state index contributed by atoms with van der Waals surface area (Å²) in [5.74, 6) is 0. The number of nitrogens with zero attached hydrogens (tertiary/aromatic N) is 4. The summed E-state index contributed by atoms with van der Waals surface area (Å²) in [4.78, 5) is 7.43. The van der Waals surface area contributed by atoms with Crippen LogP contribution in [0.15, 0.2) is 42.9 Å². The van der Waals surface area contributed by atoms with E-state index in [0.717, 1.165) is 33.4 Å². The maximum Gasteiger partial charge on any atom is 0.137 e. The summed E-state index contributed by atoms with van der Waals surface area (Å²) in [6.07, 6.45) is 5.55. The van der Waals surface area contributed by atoms with Crippen molar-refractivity contribution in [2.45, 2.75) is 6.92 Å². The molecule has 0 spiro atoms. The van der Waals surface area contributed by atoms with E-state index in [-0.39, 0.29) is 0 Å². The highest BCUT2D eigenvalue weighted by molar-refractivity contribution is 5.97. The Balaban J connectivity index is 2.07. The molecule has 4 rings (SSSR count). The lowest BCUT2D eigenvalue weighted by atomic mass is 10.1. The topological polar surface area (TPSA) is 58.9 Å². The minimum atomic E-state index is 0.886. The summed E-state index contributed by atoms with van der Waals surface area (Å²) >= 11 is 0. The van der Waals surface area contributed by atoms with E-state index < -0.39 is 0 Å². The van der Waals surface area contributed by atoms with Crippen LogP contribution in [0, 0.1) is 6.92 Å². The van der Waals surface area contributed by atoms with Gasteiger partial charge in [0.15, 0.2) is 0 Å². The van der Waals surface area contributed by atoms with E-state index in [4.69, 9.17) is 0 Å². The Kier molecular flexibility index (Phi) is 1.97. The minimum Gasteiger partial charge on any atom is -0.346 e. The zero-order valence-corrected chi connectivity index (χ0v) is 10.3. The Labute approximate surface area is 108 Å². The molecule has 0 atom stereocenters. The number of aromatic amines is 1. The number of hydrogen-bond donors (Lipinski definition) is 1. The molecule has 0 saturated heterocycles. The van der Waals surface area contributed by atoms with Gasteiger partial charge in [-0.25, -0.2) is 4.98 Å². The highest BCUT2D eigenvalue weighted by Crippen LogP contribution is 2.29. The van der Waals surface area contributed by atoms with Gasteiger partial charge >= 0.3 is 0 Å². The van der Waals surface area contributed by atoms with Gasteiger partial charge in [-0.05, 0) is 36.8 Å². The first-order chi connectivity index (χ1) is 9.33. The average molecular weight is 249 g/mol. The van der Waals surface area contributed by atoms with Crippen LogP contribution in [0.5, 0.6) is 0 Å². The van der Waals surface area contributed by atoms with E-state index in [0.29, 0.717) is 0 Å². The van der Waals surface area contributed by atoms with Crippen molar-refractivity contribution in [3.63, 3.8) is 0 Å². The molecule has 0 unspecified atom stereocenters. The van der Waals surface area contributed by atoms with Gasteiger partial charge in [0.25, 0.3) is 0 Å². The van der Waals surface area contributed by atoms with Crippen LogP contribution in [0.4, 0.5) is 0 Å². The molecule has 0 aromatic carbocycles. The van der Waals surface area contributed by atoms with Crippen LogP contribution in [-0.2, 0) is 0 Å². The van der Waals surface area contributed by atoms with Gasteiger partial charge in [0.05, 0.1) is 17.4 Å². The van der Waals surface area contributed by atoms with E-state index in [9.17, 15) is 0 Å². The molecule has 0 fully saturated rings. The number of nitrogens with one attached hydrogen (secondary N) is 1. The third-order valence-electron chi connectivity index (χ3n) is 3.27. The normalized spacial score (nSPS) is 11.4. The van der Waals surface area contributed by atoms with Crippen LogP contribution in [-0.4, -0.2) is 24.8 Å². The molecule has 0 aliphatic rings. The van der Waals surface area contributed by atoms with Gasteiger partial charge in [0.1, 0.15) is 5.65 Å². The Morgan fingerprint density at radius 3 is 3.00 bits per heavy atom. The van der Waals surface area contributed by atoms with Gasteiger partial charge < -0.3 is 4.98 Å². The first kappa shape index (κ1) is 10.3. The molecule has 0 aliphatic carbocycles. The highest BCUT2D eigenvalue weighted by atomic mass is 15.4. The summed E-state index contributed by atoms with van der Waals surface area (Å²) < 4.78 is 1.67. The fourth-order valence-corrected chi connectivity index (χ4v) is 2.37. The second kappa shape index (κ2) is 3.65. The smallest absolute Gasteiger partial charge is 0.137 e. The number of fused-ring (bicyclic) bond motifs is 2. The highest BCUT2D eigenvalue weighted by Gasteiger charge is 2.11. The molecule has 92 valence electrons. The van der Waals surface area contributed by atoms with Gasteiger partial charge in [0.2, 0.25) is 0 Å². The van der Waals surface area contributed by atoms with Gasteiger partial charge in [-0.1, -0.05) is 0 Å². The molecule has 0 aliphatic heterocycles. The van der Waals surface area contributed by atoms with Crippen LogP contribution in [0.1, 0.15) is 5.69 Å². The largest absolute Gasteiger partial charge is 0.346 e. The molecule has 5 nitrogen and oxygen atoms in total. The molecule has 4 aromatic rings. The van der Waals surface area contributed by atoms with Crippen LogP contribution < -0.4 is 0 Å². The maximum atomic E-state index is 4.37. The summed E-state index contributed by atoms with van der Waals surface area (Å²) in [5, 5.41) is 9.79. The SMILES string of the molecule is Cc1ccc2c(-c3ccnc4[nH]ccc34)cnn2n1. The van der Waals surface area contributed by atoms with E-state index in [2.05, 4.69) is 20.2 Å². The molecule has 0 bridgehead atoms. The molecule has 19 heavy (non-hydrogen) atoms. The van der Waals surface area contributed by atoms with Crippen molar-refractivity contribution in [2.24, 2.45) is 0 Å². The first-order valence-corrected chi connectivity index (χ1v) is 6.07. The number of hydrogen-bond acceptors (Lipinski definition) is 3. The Hall–Kier alpha value is -2.69. The molecule has 0 radical (unpaired) electrons. The van der Waals surface area contributed by atoms with Crippen molar-refractivity contribution in [3.8, 4) is 11.1 Å². The molecular formula is C14H11N5. The molecule has 5 heteroatoms. The van der Waals surface area contributed by atoms with Crippen LogP contribution in [0.2, 0.25) is 0 Å². The predicted octanol–water partition coefficient (Wildman–Crippen LogP) is 2.58. The molecule has 0 amide bonds. The summed E-state index contributed by atoms with van der Waals surface area (Å²) in [6.45, 7) is 1.96. The van der Waals surface area contributed by atoms with Gasteiger partial charge in [-0.3, -0.25) is 0 Å². The zero-order chi connectivity index (χ0) is 12.8. The number of aromatic nitrogens is 5. The molecule has 0 saturated carbocycles. The Morgan fingerprint density at radius 2 is 2.05 bits per heavy atom. The van der Waals surface area contributed by atoms with Crippen molar-refractivity contribution < 1.29 is 0 Å². The third-order valence-corrected chi connectivity index (χ3v) is 3.27. The zero-order valence-electron chi connectivity index (χ0n) is 10.3. The van der Waals surface area contributed by atoms with Gasteiger partial charge in [-0.2, -0.15) is 14.8 Å². The number of H-pyrrole nitrogens is 1. The standard InChI is InChI=1S/C14H11N5/c1-9-2-3-13-12(8-17-19(13)18-9)10-4-6-15-14-11(10)5-7-16-14/h2-8H,1H3,(H,15,16). The monoisotopic (exact) mass is 249 g/mol. The van der Waals surface area contributed by atoms with Crippen molar-refractivity contribution in [1.82, 2.24) is 24.8 Å². The fraction of sp³-hybridized carbons (Fsp3) is 0.0714. The van der Waals surface area contributed by atoms with Crippen molar-refractivity contribution in [2.75, 3.05) is 0 Å². The number of rotatable bonds is 1. The second-order valence-electron chi connectivity index (χ2n) is 4.51. The van der Waals surface area contributed by atoms with Crippen LogP contribution in [0.3, 0.4) is 0 Å². The third kappa shape index (κ3) is 1.45.